The van der Waals surface area contributed by atoms with E-state index in [1.54, 1.807) is 24.3 Å². The average molecular weight is 744 g/mol. The molecule has 52 heavy (non-hydrogen) atoms. The zero-order valence-electron chi connectivity index (χ0n) is 29.6. The molecule has 0 unspecified atom stereocenters. The third-order valence-corrected chi connectivity index (χ3v) is 12.9. The van der Waals surface area contributed by atoms with Gasteiger partial charge >= 0.3 is 0 Å². The highest BCUT2D eigenvalue weighted by Crippen LogP contribution is 2.38. The number of piperidine rings is 1. The fourth-order valence-corrected chi connectivity index (χ4v) is 9.28. The molecule has 1 aromatic heterocycles. The van der Waals surface area contributed by atoms with Crippen LogP contribution in [0.15, 0.2) is 83.8 Å². The van der Waals surface area contributed by atoms with Gasteiger partial charge in [-0.2, -0.15) is 0 Å². The Morgan fingerprint density at radius 2 is 1.42 bits per heavy atom. The molecule has 0 aliphatic carbocycles. The summed E-state index contributed by atoms with van der Waals surface area (Å²) >= 11 is 1.07. The number of carbonyl (C=O) groups excluding carboxylic acids is 3. The van der Waals surface area contributed by atoms with Crippen molar-refractivity contribution in [1.82, 2.24) is 20.0 Å². The lowest BCUT2D eigenvalue weighted by atomic mass is 10.1. The molecule has 0 bridgehead atoms. The van der Waals surface area contributed by atoms with E-state index in [1.165, 1.54) is 62.2 Å². The number of nitrogens with one attached hydrogen (secondary N) is 1. The first kappa shape index (κ1) is 37.4. The van der Waals surface area contributed by atoms with Gasteiger partial charge in [0.25, 0.3) is 21.8 Å². The van der Waals surface area contributed by atoms with Crippen molar-refractivity contribution in [2.75, 3.05) is 64.3 Å². The van der Waals surface area contributed by atoms with Crippen molar-refractivity contribution >= 4 is 44.6 Å². The molecule has 13 heteroatoms. The third-order valence-electron chi connectivity index (χ3n) is 9.77. The van der Waals surface area contributed by atoms with Gasteiger partial charge < -0.3 is 20.2 Å². The van der Waals surface area contributed by atoms with Gasteiger partial charge in [-0.15, -0.1) is 11.3 Å². The van der Waals surface area contributed by atoms with E-state index < -0.39 is 28.3 Å². The second-order valence-electron chi connectivity index (χ2n) is 13.4. The van der Waals surface area contributed by atoms with Crippen molar-refractivity contribution in [3.8, 4) is 10.4 Å². The van der Waals surface area contributed by atoms with Crippen LogP contribution in [0.4, 0.5) is 5.69 Å². The molecular weight excluding hydrogens is 699 g/mol. The molecule has 2 saturated heterocycles. The lowest BCUT2D eigenvalue weighted by Crippen LogP contribution is -2.47. The molecule has 11 nitrogen and oxygen atoms in total. The molecule has 2 aliphatic heterocycles. The van der Waals surface area contributed by atoms with Crippen molar-refractivity contribution in [3.63, 3.8) is 0 Å². The summed E-state index contributed by atoms with van der Waals surface area (Å²) in [7, 11) is -0.776. The zero-order chi connectivity index (χ0) is 36.8. The number of sulfonamides is 1. The van der Waals surface area contributed by atoms with Crippen LogP contribution in [-0.2, 0) is 23.1 Å². The van der Waals surface area contributed by atoms with Crippen LogP contribution < -0.4 is 9.62 Å². The summed E-state index contributed by atoms with van der Waals surface area (Å²) in [5.41, 5.74) is 3.78. The van der Waals surface area contributed by atoms with Gasteiger partial charge in [-0.25, -0.2) is 8.42 Å². The Hall–Kier alpha value is -4.40. The van der Waals surface area contributed by atoms with Crippen LogP contribution in [-0.4, -0.2) is 106 Å². The Kier molecular flexibility index (Phi) is 11.9. The van der Waals surface area contributed by atoms with E-state index in [9.17, 15) is 27.9 Å². The number of piperazine rings is 1. The van der Waals surface area contributed by atoms with Crippen molar-refractivity contribution < 1.29 is 27.9 Å². The summed E-state index contributed by atoms with van der Waals surface area (Å²) in [4.78, 5) is 45.7. The van der Waals surface area contributed by atoms with Crippen LogP contribution in [0.5, 0.6) is 0 Å². The summed E-state index contributed by atoms with van der Waals surface area (Å²) < 4.78 is 29.6. The molecule has 2 aliphatic rings. The number of nitrogens with zero attached hydrogens (tertiary/aromatic N) is 4. The molecule has 0 spiro atoms. The molecule has 6 rings (SSSR count). The summed E-state index contributed by atoms with van der Waals surface area (Å²) in [6.07, 6.45) is 3.76. The number of carbonyl (C=O) groups is 3. The Bertz CT molecular complexity index is 1980. The van der Waals surface area contributed by atoms with Crippen molar-refractivity contribution in [2.24, 2.45) is 0 Å². The van der Waals surface area contributed by atoms with Crippen LogP contribution in [0.25, 0.3) is 10.4 Å². The van der Waals surface area contributed by atoms with E-state index in [0.717, 1.165) is 53.9 Å². The number of amides is 2. The van der Waals surface area contributed by atoms with Crippen LogP contribution in [0.1, 0.15) is 60.8 Å². The fourth-order valence-electron chi connectivity index (χ4n) is 6.48. The number of aliphatic hydroxyl groups excluding tert-OH is 1. The van der Waals surface area contributed by atoms with Crippen molar-refractivity contribution in [1.29, 1.82) is 0 Å². The molecule has 0 saturated carbocycles. The van der Waals surface area contributed by atoms with E-state index in [0.29, 0.717) is 34.8 Å². The molecule has 2 fully saturated rings. The lowest BCUT2D eigenvalue weighted by Gasteiger charge is -2.32. The number of anilines is 1. The smallest absolute Gasteiger partial charge is 0.265 e. The number of likely N-dealkylation sites (tertiary alicyclic amines) is 1. The Labute approximate surface area is 309 Å². The number of Topliss-reactive ketones (excluding diaryl/α,β-unsaturated/α-hetero) is 1. The normalized spacial score (nSPS) is 15.7. The molecule has 3 aromatic carbocycles. The number of hydrogen-bond acceptors (Lipinski definition) is 9. The van der Waals surface area contributed by atoms with E-state index in [2.05, 4.69) is 27.2 Å². The van der Waals surface area contributed by atoms with Crippen LogP contribution in [0, 0.1) is 0 Å². The Morgan fingerprint density at radius 1 is 0.808 bits per heavy atom. The molecule has 0 radical (unpaired) electrons. The van der Waals surface area contributed by atoms with Crippen LogP contribution in [0.3, 0.4) is 0 Å². The summed E-state index contributed by atoms with van der Waals surface area (Å²) in [5, 5.41) is 12.2. The van der Waals surface area contributed by atoms with E-state index in [-0.39, 0.29) is 27.8 Å². The number of rotatable bonds is 12. The second-order valence-corrected chi connectivity index (χ2v) is 16.4. The first-order chi connectivity index (χ1) is 25.0. The minimum atomic E-state index is -4.21. The largest absolute Gasteiger partial charge is 0.388 e. The van der Waals surface area contributed by atoms with Crippen molar-refractivity contribution in [2.45, 2.75) is 37.2 Å². The number of hydrogen-bond donors (Lipinski definition) is 2. The number of benzene rings is 3. The van der Waals surface area contributed by atoms with Gasteiger partial charge in [0.2, 0.25) is 0 Å². The highest BCUT2D eigenvalue weighted by molar-refractivity contribution is 7.93. The van der Waals surface area contributed by atoms with Crippen molar-refractivity contribution in [3.05, 3.63) is 106 Å². The van der Waals surface area contributed by atoms with Gasteiger partial charge in [-0.05, 0) is 92.1 Å². The molecule has 4 aromatic rings. The van der Waals surface area contributed by atoms with Gasteiger partial charge in [0.05, 0.1) is 15.4 Å². The Balaban J connectivity index is 1.24. The molecule has 3 heterocycles. The molecular formula is C39H45N5O6S2. The van der Waals surface area contributed by atoms with Gasteiger partial charge in [0.1, 0.15) is 11.5 Å². The van der Waals surface area contributed by atoms with E-state index >= 15 is 0 Å². The highest BCUT2D eigenvalue weighted by atomic mass is 32.2. The minimum Gasteiger partial charge on any atom is -0.388 e. The van der Waals surface area contributed by atoms with E-state index in [4.69, 9.17) is 0 Å². The van der Waals surface area contributed by atoms with Gasteiger partial charge in [-0.1, -0.05) is 42.8 Å². The zero-order valence-corrected chi connectivity index (χ0v) is 31.2. The van der Waals surface area contributed by atoms with Gasteiger partial charge in [0, 0.05) is 57.4 Å². The topological polar surface area (TPSA) is 131 Å². The monoisotopic (exact) mass is 743 g/mol. The van der Waals surface area contributed by atoms with Crippen LogP contribution >= 0.6 is 11.3 Å². The summed E-state index contributed by atoms with van der Waals surface area (Å²) in [5.74, 6) is -0.960. The lowest BCUT2D eigenvalue weighted by molar-refractivity contribution is 0.0663. The summed E-state index contributed by atoms with van der Waals surface area (Å²) in [6.45, 7) is 5.62. The maximum atomic E-state index is 14.2. The predicted octanol–water partition coefficient (Wildman–Crippen LogP) is 4.72. The molecule has 2 N–H and O–H groups in total. The number of aliphatic hydroxyl groups is 1. The standard InChI is InChI=1S/C39H45N5O6S2/c1-41-20-22-44(23-21-41)39(48)32-12-10-31(11-13-32)37-36(52(49,50)42(2)33-16-14-30(15-17-33)34(46)27-45)24-35(51-37)38(47)40-25-28-6-8-29(9-7-28)26-43-18-4-3-5-19-43/h6-17,24,45H,3-5,18-23,25-27H2,1-2H3,(H,40,47). The minimum absolute atomic E-state index is 0.0547. The van der Waals surface area contributed by atoms with E-state index in [1.807, 2.05) is 24.1 Å². The van der Waals surface area contributed by atoms with Gasteiger partial charge in [-0.3, -0.25) is 23.6 Å². The maximum Gasteiger partial charge on any atom is 0.265 e. The molecule has 0 atom stereocenters. The molecule has 274 valence electrons. The van der Waals surface area contributed by atoms with Gasteiger partial charge in [0.15, 0.2) is 5.78 Å². The SMILES string of the molecule is CN1CCN(C(=O)c2ccc(-c3sc(C(=O)NCc4ccc(CN5CCCCC5)cc4)cc3S(=O)(=O)N(C)c3ccc(C(=O)CO)cc3)cc2)CC1. The first-order valence-electron chi connectivity index (χ1n) is 17.6. The summed E-state index contributed by atoms with van der Waals surface area (Å²) in [6, 6.07) is 22.3. The third kappa shape index (κ3) is 8.62. The number of ketones is 1. The number of likely N-dealkylation sites (N-methyl/N-ethyl adjacent to an activating group) is 1. The number of thiophene rings is 1. The second kappa shape index (κ2) is 16.5. The maximum absolute atomic E-state index is 14.2. The highest BCUT2D eigenvalue weighted by Gasteiger charge is 2.30. The predicted molar refractivity (Wildman–Crippen MR) is 203 cm³/mol. The first-order valence-corrected chi connectivity index (χ1v) is 19.8. The average Bonchev–Trinajstić information content (AvgIpc) is 3.64. The molecule has 2 amide bonds. The quantitative estimate of drug-likeness (QED) is 0.200. The fraction of sp³-hybridized carbons (Fsp3) is 0.359. The van der Waals surface area contributed by atoms with Crippen LogP contribution in [0.2, 0.25) is 0 Å². The Morgan fingerprint density at radius 3 is 2.06 bits per heavy atom.